The molecule has 5 heteroatoms. The van der Waals surface area contributed by atoms with Crippen LogP contribution in [0.1, 0.15) is 56.4 Å². The number of likely N-dealkylation sites (tertiary alicyclic amines) is 3. The minimum atomic E-state index is 0.138. The van der Waals surface area contributed by atoms with Crippen LogP contribution >= 0.6 is 0 Å². The van der Waals surface area contributed by atoms with Crippen molar-refractivity contribution in [3.63, 3.8) is 0 Å². The molecule has 0 unspecified atom stereocenters. The summed E-state index contributed by atoms with van der Waals surface area (Å²) < 4.78 is 0. The zero-order valence-electron chi connectivity index (χ0n) is 17.8. The number of benzene rings is 1. The first kappa shape index (κ1) is 20.4. The van der Waals surface area contributed by atoms with Crippen LogP contribution in [-0.4, -0.2) is 72.8 Å². The Morgan fingerprint density at radius 2 is 1.83 bits per heavy atom. The Morgan fingerprint density at radius 3 is 2.59 bits per heavy atom. The summed E-state index contributed by atoms with van der Waals surface area (Å²) in [4.78, 5) is 31.4. The SMILES string of the molecule is CN1C[C@@H](c2ccccc2)CC2(CCN(C(=O)CN3CCCCCC3=O)CC2)C1. The largest absolute Gasteiger partial charge is 0.341 e. The Balaban J connectivity index is 1.35. The molecule has 5 nitrogen and oxygen atoms in total. The Bertz CT molecular complexity index is 712. The van der Waals surface area contributed by atoms with Crippen molar-refractivity contribution in [2.24, 2.45) is 5.41 Å². The van der Waals surface area contributed by atoms with E-state index in [1.165, 1.54) is 12.0 Å². The molecule has 3 fully saturated rings. The van der Waals surface area contributed by atoms with Crippen molar-refractivity contribution >= 4 is 11.8 Å². The van der Waals surface area contributed by atoms with E-state index >= 15 is 0 Å². The first-order chi connectivity index (χ1) is 14.0. The molecule has 0 aromatic heterocycles. The fourth-order valence-electron chi connectivity index (χ4n) is 5.68. The summed E-state index contributed by atoms with van der Waals surface area (Å²) in [6.07, 6.45) is 7.04. The Labute approximate surface area is 175 Å². The van der Waals surface area contributed by atoms with Gasteiger partial charge in [0.1, 0.15) is 0 Å². The van der Waals surface area contributed by atoms with Crippen LogP contribution in [0.15, 0.2) is 30.3 Å². The van der Waals surface area contributed by atoms with Gasteiger partial charge in [-0.15, -0.1) is 0 Å². The van der Waals surface area contributed by atoms with Gasteiger partial charge in [-0.2, -0.15) is 0 Å². The maximum absolute atomic E-state index is 12.9. The maximum atomic E-state index is 12.9. The van der Waals surface area contributed by atoms with Crippen LogP contribution in [0.4, 0.5) is 0 Å². The van der Waals surface area contributed by atoms with Crippen LogP contribution in [0.2, 0.25) is 0 Å². The number of nitrogens with zero attached hydrogens (tertiary/aromatic N) is 3. The summed E-state index contributed by atoms with van der Waals surface area (Å²) in [7, 11) is 2.24. The van der Waals surface area contributed by atoms with Crippen LogP contribution in [0.5, 0.6) is 0 Å². The molecule has 2 amide bonds. The van der Waals surface area contributed by atoms with Gasteiger partial charge in [0.2, 0.25) is 11.8 Å². The zero-order valence-corrected chi connectivity index (χ0v) is 17.8. The van der Waals surface area contributed by atoms with Gasteiger partial charge in [0.15, 0.2) is 0 Å². The average Bonchev–Trinajstić information content (AvgIpc) is 2.93. The molecule has 3 heterocycles. The Morgan fingerprint density at radius 1 is 1.07 bits per heavy atom. The number of amides is 2. The van der Waals surface area contributed by atoms with Gasteiger partial charge in [0, 0.05) is 39.1 Å². The minimum absolute atomic E-state index is 0.138. The number of hydrogen-bond donors (Lipinski definition) is 0. The fraction of sp³-hybridized carbons (Fsp3) is 0.667. The summed E-state index contributed by atoms with van der Waals surface area (Å²) in [5, 5.41) is 0. The number of piperidine rings is 2. The third-order valence-corrected chi connectivity index (χ3v) is 7.26. The highest BCUT2D eigenvalue weighted by Gasteiger charge is 2.42. The van der Waals surface area contributed by atoms with E-state index in [0.717, 1.165) is 64.8 Å². The standard InChI is InChI=1S/C24H35N3O2/c1-25-17-21(20-8-4-2-5-9-20)16-24(19-25)11-14-26(15-12-24)23(29)18-27-13-7-3-6-10-22(27)28/h2,4-5,8-9,21H,3,6-7,10-19H2,1H3/t21-/m0/s1. The summed E-state index contributed by atoms with van der Waals surface area (Å²) in [5.74, 6) is 0.870. The monoisotopic (exact) mass is 397 g/mol. The van der Waals surface area contributed by atoms with Gasteiger partial charge in [-0.1, -0.05) is 36.8 Å². The number of carbonyl (C=O) groups excluding carboxylic acids is 2. The lowest BCUT2D eigenvalue weighted by Gasteiger charge is -2.49. The summed E-state index contributed by atoms with van der Waals surface area (Å²) in [5.41, 5.74) is 1.75. The van der Waals surface area contributed by atoms with E-state index in [2.05, 4.69) is 42.3 Å². The van der Waals surface area contributed by atoms with Crippen LogP contribution in [0.3, 0.4) is 0 Å². The van der Waals surface area contributed by atoms with Crippen molar-refractivity contribution in [1.82, 2.24) is 14.7 Å². The highest BCUT2D eigenvalue weighted by atomic mass is 16.2. The second-order valence-corrected chi connectivity index (χ2v) is 9.52. The summed E-state index contributed by atoms with van der Waals surface area (Å²) >= 11 is 0. The van der Waals surface area contributed by atoms with Gasteiger partial charge in [0.05, 0.1) is 6.54 Å². The van der Waals surface area contributed by atoms with Crippen molar-refractivity contribution in [1.29, 1.82) is 0 Å². The first-order valence-electron chi connectivity index (χ1n) is 11.3. The second kappa shape index (κ2) is 8.86. The zero-order chi connectivity index (χ0) is 20.3. The molecule has 0 saturated carbocycles. The van der Waals surface area contributed by atoms with E-state index in [1.807, 2.05) is 4.90 Å². The van der Waals surface area contributed by atoms with E-state index in [9.17, 15) is 9.59 Å². The van der Waals surface area contributed by atoms with Crippen molar-refractivity contribution < 1.29 is 9.59 Å². The molecule has 0 aliphatic carbocycles. The van der Waals surface area contributed by atoms with Gasteiger partial charge in [-0.25, -0.2) is 0 Å². The van der Waals surface area contributed by atoms with E-state index in [4.69, 9.17) is 0 Å². The van der Waals surface area contributed by atoms with Gasteiger partial charge >= 0.3 is 0 Å². The first-order valence-corrected chi connectivity index (χ1v) is 11.3. The third kappa shape index (κ3) is 4.82. The number of carbonyl (C=O) groups is 2. The Hall–Kier alpha value is -1.88. The molecule has 0 N–H and O–H groups in total. The van der Waals surface area contributed by atoms with Crippen molar-refractivity contribution in [3.05, 3.63) is 35.9 Å². The smallest absolute Gasteiger partial charge is 0.242 e. The van der Waals surface area contributed by atoms with E-state index in [-0.39, 0.29) is 18.4 Å². The van der Waals surface area contributed by atoms with Crippen LogP contribution < -0.4 is 0 Å². The van der Waals surface area contributed by atoms with Crippen LogP contribution in [-0.2, 0) is 9.59 Å². The molecule has 0 radical (unpaired) electrons. The Kier molecular flexibility index (Phi) is 6.23. The van der Waals surface area contributed by atoms with Crippen LogP contribution in [0, 0.1) is 5.41 Å². The fourth-order valence-corrected chi connectivity index (χ4v) is 5.68. The minimum Gasteiger partial charge on any atom is -0.341 e. The lowest BCUT2D eigenvalue weighted by atomic mass is 9.68. The van der Waals surface area contributed by atoms with E-state index < -0.39 is 0 Å². The van der Waals surface area contributed by atoms with Crippen molar-refractivity contribution in [2.45, 2.75) is 50.9 Å². The van der Waals surface area contributed by atoms with Crippen molar-refractivity contribution in [3.8, 4) is 0 Å². The average molecular weight is 398 g/mol. The number of hydrogen-bond acceptors (Lipinski definition) is 3. The molecular formula is C24H35N3O2. The molecule has 1 spiro atoms. The number of rotatable bonds is 3. The molecule has 3 saturated heterocycles. The predicted octanol–water partition coefficient (Wildman–Crippen LogP) is 3.12. The van der Waals surface area contributed by atoms with Crippen molar-refractivity contribution in [2.75, 3.05) is 46.3 Å². The third-order valence-electron chi connectivity index (χ3n) is 7.26. The molecule has 1 atom stereocenters. The molecule has 3 aliphatic rings. The molecule has 1 aromatic rings. The highest BCUT2D eigenvalue weighted by molar-refractivity contribution is 5.85. The quantitative estimate of drug-likeness (QED) is 0.787. The lowest BCUT2D eigenvalue weighted by molar-refractivity contribution is -0.142. The normalized spacial score (nSPS) is 25.8. The molecular weight excluding hydrogens is 362 g/mol. The summed E-state index contributed by atoms with van der Waals surface area (Å²) in [6.45, 7) is 4.92. The van der Waals surface area contributed by atoms with Gasteiger partial charge < -0.3 is 14.7 Å². The lowest BCUT2D eigenvalue weighted by Crippen LogP contribution is -2.53. The number of likely N-dealkylation sites (N-methyl/N-ethyl adjacent to an activating group) is 1. The van der Waals surface area contributed by atoms with Crippen LogP contribution in [0.25, 0.3) is 0 Å². The molecule has 4 rings (SSSR count). The van der Waals surface area contributed by atoms with Gasteiger partial charge in [-0.3, -0.25) is 9.59 Å². The maximum Gasteiger partial charge on any atom is 0.242 e. The molecule has 1 aromatic carbocycles. The van der Waals surface area contributed by atoms with Gasteiger partial charge in [0.25, 0.3) is 0 Å². The predicted molar refractivity (Wildman–Crippen MR) is 115 cm³/mol. The van der Waals surface area contributed by atoms with Gasteiger partial charge in [-0.05, 0) is 56.0 Å². The molecule has 0 bridgehead atoms. The van der Waals surface area contributed by atoms with E-state index in [0.29, 0.717) is 17.8 Å². The summed E-state index contributed by atoms with van der Waals surface area (Å²) in [6, 6.07) is 10.9. The van der Waals surface area contributed by atoms with E-state index in [1.54, 1.807) is 4.90 Å². The highest BCUT2D eigenvalue weighted by Crippen LogP contribution is 2.44. The molecule has 3 aliphatic heterocycles. The molecule has 158 valence electrons. The molecule has 29 heavy (non-hydrogen) atoms. The second-order valence-electron chi connectivity index (χ2n) is 9.52. The topological polar surface area (TPSA) is 43.9 Å².